The molecule has 0 spiro atoms. The molecule has 0 heterocycles. The monoisotopic (exact) mass is 216 g/mol. The average molecular weight is 216 g/mol. The van der Waals surface area contributed by atoms with Crippen LogP contribution in [0.25, 0.3) is 5.57 Å². The molecule has 0 aliphatic heterocycles. The first-order valence-corrected chi connectivity index (χ1v) is 5.20. The van der Waals surface area contributed by atoms with Crippen molar-refractivity contribution >= 4 is 11.5 Å². The first-order chi connectivity index (χ1) is 7.72. The Balaban J connectivity index is 2.98. The Bertz CT molecular complexity index is 411. The van der Waals surface area contributed by atoms with Crippen LogP contribution >= 0.6 is 0 Å². The van der Waals surface area contributed by atoms with Crippen molar-refractivity contribution in [2.24, 2.45) is 0 Å². The van der Waals surface area contributed by atoms with Gasteiger partial charge in [0.05, 0.1) is 12.7 Å². The third-order valence-corrected chi connectivity index (χ3v) is 2.30. The van der Waals surface area contributed by atoms with E-state index in [2.05, 4.69) is 4.74 Å². The van der Waals surface area contributed by atoms with Gasteiger partial charge in [-0.05, 0) is 37.1 Å². The average Bonchev–Trinajstić information content (AvgIpc) is 2.35. The normalized spacial score (nSPS) is 11.8. The van der Waals surface area contributed by atoms with Gasteiger partial charge in [0, 0.05) is 0 Å². The molecule has 0 aliphatic rings. The Labute approximate surface area is 96.2 Å². The van der Waals surface area contributed by atoms with Gasteiger partial charge in [0.2, 0.25) is 0 Å². The number of carbonyl (C=O) groups is 1. The maximum Gasteiger partial charge on any atom is 0.337 e. The Morgan fingerprint density at radius 3 is 2.12 bits per heavy atom. The topological polar surface area (TPSA) is 26.3 Å². The number of rotatable bonds is 3. The summed E-state index contributed by atoms with van der Waals surface area (Å²) in [6, 6.07) is 7.38. The van der Waals surface area contributed by atoms with E-state index in [1.54, 1.807) is 12.1 Å². The van der Waals surface area contributed by atoms with E-state index in [4.69, 9.17) is 0 Å². The summed E-state index contributed by atoms with van der Waals surface area (Å²) in [5.41, 5.74) is 2.80. The van der Waals surface area contributed by atoms with Crippen molar-refractivity contribution < 1.29 is 9.53 Å². The Morgan fingerprint density at radius 2 is 1.69 bits per heavy atom. The van der Waals surface area contributed by atoms with Gasteiger partial charge in [-0.1, -0.05) is 30.4 Å². The zero-order chi connectivity index (χ0) is 12.0. The lowest BCUT2D eigenvalue weighted by Gasteiger charge is -2.03. The van der Waals surface area contributed by atoms with Gasteiger partial charge in [-0.25, -0.2) is 4.79 Å². The lowest BCUT2D eigenvalue weighted by Crippen LogP contribution is -2.00. The predicted octanol–water partition coefficient (Wildman–Crippen LogP) is 3.45. The third-order valence-electron chi connectivity index (χ3n) is 2.30. The van der Waals surface area contributed by atoms with Crippen LogP contribution in [0.15, 0.2) is 42.5 Å². The molecular weight excluding hydrogens is 200 g/mol. The highest BCUT2D eigenvalue weighted by Crippen LogP contribution is 2.16. The molecule has 0 saturated heterocycles. The van der Waals surface area contributed by atoms with Gasteiger partial charge in [-0.2, -0.15) is 0 Å². The lowest BCUT2D eigenvalue weighted by atomic mass is 10.0. The molecule has 16 heavy (non-hydrogen) atoms. The molecule has 2 nitrogen and oxygen atoms in total. The molecular formula is C14H16O2. The van der Waals surface area contributed by atoms with E-state index in [1.807, 2.05) is 44.2 Å². The number of benzene rings is 1. The molecule has 0 amide bonds. The highest BCUT2D eigenvalue weighted by Gasteiger charge is 2.04. The largest absolute Gasteiger partial charge is 0.465 e. The van der Waals surface area contributed by atoms with Crippen LogP contribution in [0.4, 0.5) is 0 Å². The number of hydrogen-bond donors (Lipinski definition) is 0. The summed E-state index contributed by atoms with van der Waals surface area (Å²) >= 11 is 0. The van der Waals surface area contributed by atoms with Crippen LogP contribution in [-0.4, -0.2) is 13.1 Å². The second-order valence-corrected chi connectivity index (χ2v) is 3.31. The van der Waals surface area contributed by atoms with Crippen LogP contribution in [0.1, 0.15) is 29.8 Å². The third kappa shape index (κ3) is 2.83. The van der Waals surface area contributed by atoms with E-state index in [9.17, 15) is 4.79 Å². The van der Waals surface area contributed by atoms with E-state index in [0.29, 0.717) is 5.56 Å². The Kier molecular flexibility index (Phi) is 4.52. The fraction of sp³-hybridized carbons (Fsp3) is 0.214. The maximum atomic E-state index is 11.2. The number of ether oxygens (including phenoxy) is 1. The van der Waals surface area contributed by atoms with Crippen LogP contribution in [0.2, 0.25) is 0 Å². The SMILES string of the molecule is CC=CC(=CC)c1ccc(C(=O)OC)cc1. The fourth-order valence-electron chi connectivity index (χ4n) is 1.46. The lowest BCUT2D eigenvalue weighted by molar-refractivity contribution is 0.0601. The molecule has 0 unspecified atom stereocenters. The van der Waals surface area contributed by atoms with Gasteiger partial charge in [0.15, 0.2) is 0 Å². The highest BCUT2D eigenvalue weighted by molar-refractivity contribution is 5.90. The molecule has 1 aromatic carbocycles. The molecule has 84 valence electrons. The molecule has 0 atom stereocenters. The molecule has 0 bridgehead atoms. The van der Waals surface area contributed by atoms with Crippen molar-refractivity contribution in [1.29, 1.82) is 0 Å². The van der Waals surface area contributed by atoms with Gasteiger partial charge in [0.25, 0.3) is 0 Å². The molecule has 0 aromatic heterocycles. The number of hydrogen-bond acceptors (Lipinski definition) is 2. The van der Waals surface area contributed by atoms with E-state index in [-0.39, 0.29) is 5.97 Å². The molecule has 0 N–H and O–H groups in total. The van der Waals surface area contributed by atoms with Gasteiger partial charge in [-0.15, -0.1) is 0 Å². The van der Waals surface area contributed by atoms with Crippen molar-refractivity contribution in [2.45, 2.75) is 13.8 Å². The summed E-state index contributed by atoms with van der Waals surface area (Å²) in [5.74, 6) is -0.306. The quantitative estimate of drug-likeness (QED) is 0.571. The summed E-state index contributed by atoms with van der Waals surface area (Å²) in [6.45, 7) is 3.97. The molecule has 0 aliphatic carbocycles. The molecule has 1 rings (SSSR count). The molecule has 1 aromatic rings. The van der Waals surface area contributed by atoms with Crippen molar-refractivity contribution in [2.75, 3.05) is 7.11 Å². The summed E-state index contributed by atoms with van der Waals surface area (Å²) in [4.78, 5) is 11.2. The first-order valence-electron chi connectivity index (χ1n) is 5.20. The van der Waals surface area contributed by atoms with Crippen molar-refractivity contribution in [3.8, 4) is 0 Å². The summed E-state index contributed by atoms with van der Waals surface area (Å²) in [7, 11) is 1.38. The number of carbonyl (C=O) groups excluding carboxylic acids is 1. The molecule has 0 fully saturated rings. The van der Waals surface area contributed by atoms with Crippen LogP contribution in [0.5, 0.6) is 0 Å². The molecule has 0 radical (unpaired) electrons. The van der Waals surface area contributed by atoms with Crippen molar-refractivity contribution in [3.63, 3.8) is 0 Å². The van der Waals surface area contributed by atoms with Crippen molar-refractivity contribution in [1.82, 2.24) is 0 Å². The van der Waals surface area contributed by atoms with E-state index in [0.717, 1.165) is 11.1 Å². The standard InChI is InChI=1S/C14H16O2/c1-4-6-11(5-2)12-7-9-13(10-8-12)14(15)16-3/h4-10H,1-3H3. The van der Waals surface area contributed by atoms with Crippen LogP contribution < -0.4 is 0 Å². The number of methoxy groups -OCH3 is 1. The number of esters is 1. The summed E-state index contributed by atoms with van der Waals surface area (Å²) in [6.07, 6.45) is 6.06. The first kappa shape index (κ1) is 12.2. The molecule has 0 saturated carbocycles. The van der Waals surface area contributed by atoms with Crippen molar-refractivity contribution in [3.05, 3.63) is 53.6 Å². The highest BCUT2D eigenvalue weighted by atomic mass is 16.5. The Hall–Kier alpha value is -1.83. The zero-order valence-electron chi connectivity index (χ0n) is 9.86. The van der Waals surface area contributed by atoms with Gasteiger partial charge in [0.1, 0.15) is 0 Å². The van der Waals surface area contributed by atoms with Crippen LogP contribution in [0, 0.1) is 0 Å². The van der Waals surface area contributed by atoms with E-state index in [1.165, 1.54) is 7.11 Å². The predicted molar refractivity (Wildman–Crippen MR) is 66.2 cm³/mol. The second kappa shape index (κ2) is 5.91. The minimum atomic E-state index is -0.306. The molecule has 2 heteroatoms. The maximum absolute atomic E-state index is 11.2. The van der Waals surface area contributed by atoms with E-state index >= 15 is 0 Å². The van der Waals surface area contributed by atoms with Gasteiger partial charge < -0.3 is 4.74 Å². The van der Waals surface area contributed by atoms with Crippen LogP contribution in [0.3, 0.4) is 0 Å². The number of allylic oxidation sites excluding steroid dienone is 4. The van der Waals surface area contributed by atoms with E-state index < -0.39 is 0 Å². The summed E-state index contributed by atoms with van der Waals surface area (Å²) < 4.78 is 4.64. The van der Waals surface area contributed by atoms with Gasteiger partial charge >= 0.3 is 5.97 Å². The van der Waals surface area contributed by atoms with Crippen LogP contribution in [-0.2, 0) is 4.74 Å². The zero-order valence-corrected chi connectivity index (χ0v) is 9.86. The minimum Gasteiger partial charge on any atom is -0.465 e. The summed E-state index contributed by atoms with van der Waals surface area (Å²) in [5, 5.41) is 0. The smallest absolute Gasteiger partial charge is 0.337 e. The van der Waals surface area contributed by atoms with Gasteiger partial charge in [-0.3, -0.25) is 0 Å². The Morgan fingerprint density at radius 1 is 1.12 bits per heavy atom. The fourth-order valence-corrected chi connectivity index (χ4v) is 1.46. The second-order valence-electron chi connectivity index (χ2n) is 3.31. The minimum absolute atomic E-state index is 0.306.